The molecule has 1 aliphatic heterocycles. The number of anilines is 5. The highest BCUT2D eigenvalue weighted by Gasteiger charge is 2.20. The van der Waals surface area contributed by atoms with Gasteiger partial charge in [0.1, 0.15) is 5.02 Å². The molecular formula is C26H28ClN9O3. The number of rotatable bonds is 8. The van der Waals surface area contributed by atoms with Gasteiger partial charge in [0.15, 0.2) is 11.6 Å². The van der Waals surface area contributed by atoms with Crippen LogP contribution in [0.3, 0.4) is 0 Å². The Morgan fingerprint density at radius 2 is 1.92 bits per heavy atom. The van der Waals surface area contributed by atoms with E-state index < -0.39 is 0 Å². The van der Waals surface area contributed by atoms with Gasteiger partial charge in [-0.25, -0.2) is 4.98 Å². The summed E-state index contributed by atoms with van der Waals surface area (Å²) in [6.07, 6.45) is 2.53. The fraction of sp³-hybridized carbons (Fsp3) is 0.269. The third kappa shape index (κ3) is 6.25. The van der Waals surface area contributed by atoms with E-state index in [1.54, 1.807) is 31.3 Å². The molecule has 1 fully saturated rings. The molecular weight excluding hydrogens is 522 g/mol. The molecule has 202 valence electrons. The Hall–Kier alpha value is -4.26. The average molecular weight is 550 g/mol. The van der Waals surface area contributed by atoms with E-state index in [1.807, 2.05) is 23.1 Å². The summed E-state index contributed by atoms with van der Waals surface area (Å²) in [7, 11) is 1.56. The van der Waals surface area contributed by atoms with Crippen molar-refractivity contribution in [2.24, 2.45) is 0 Å². The summed E-state index contributed by atoms with van der Waals surface area (Å²) in [5.74, 6) is 0.674. The van der Waals surface area contributed by atoms with Crippen LogP contribution < -0.4 is 21.3 Å². The quantitative estimate of drug-likeness (QED) is 0.194. The molecule has 0 bridgehead atoms. The molecule has 1 aliphatic rings. The molecule has 0 aliphatic carbocycles. The Morgan fingerprint density at radius 1 is 1.13 bits per heavy atom. The zero-order valence-corrected chi connectivity index (χ0v) is 21.9. The summed E-state index contributed by atoms with van der Waals surface area (Å²) in [6.45, 7) is 1.63. The number of nitrogens with one attached hydrogen (secondary N) is 5. The van der Waals surface area contributed by atoms with Gasteiger partial charge in [0.2, 0.25) is 11.9 Å². The molecule has 1 saturated heterocycles. The summed E-state index contributed by atoms with van der Waals surface area (Å²) in [5, 5.41) is 29.6. The Morgan fingerprint density at radius 3 is 2.72 bits per heavy atom. The van der Waals surface area contributed by atoms with Gasteiger partial charge in [-0.05, 0) is 43.2 Å². The maximum atomic E-state index is 12.5. The topological polar surface area (TPSA) is 160 Å². The fourth-order valence-corrected chi connectivity index (χ4v) is 4.48. The van der Waals surface area contributed by atoms with Crippen LogP contribution in [-0.4, -0.2) is 74.8 Å². The predicted molar refractivity (Wildman–Crippen MR) is 150 cm³/mol. The van der Waals surface area contributed by atoms with Crippen LogP contribution in [0.4, 0.5) is 29.0 Å². The van der Waals surface area contributed by atoms with Gasteiger partial charge in [0.05, 0.1) is 35.6 Å². The number of piperidine rings is 1. The van der Waals surface area contributed by atoms with E-state index in [0.717, 1.165) is 5.39 Å². The van der Waals surface area contributed by atoms with Crippen molar-refractivity contribution in [2.75, 3.05) is 42.6 Å². The van der Waals surface area contributed by atoms with E-state index in [-0.39, 0.29) is 29.5 Å². The molecule has 0 saturated carbocycles. The number of H-pyrrole nitrogens is 1. The fourth-order valence-electron chi connectivity index (χ4n) is 4.34. The van der Waals surface area contributed by atoms with Crippen molar-refractivity contribution < 1.29 is 14.7 Å². The Kier molecular flexibility index (Phi) is 7.87. The number of carbonyl (C=O) groups is 2. The van der Waals surface area contributed by atoms with Crippen molar-refractivity contribution in [2.45, 2.75) is 18.9 Å². The lowest BCUT2D eigenvalue weighted by atomic mass is 10.1. The molecule has 4 aromatic rings. The number of amides is 2. The first-order valence-electron chi connectivity index (χ1n) is 12.5. The van der Waals surface area contributed by atoms with Gasteiger partial charge < -0.3 is 26.4 Å². The van der Waals surface area contributed by atoms with Crippen molar-refractivity contribution in [3.63, 3.8) is 0 Å². The first kappa shape index (κ1) is 26.4. The van der Waals surface area contributed by atoms with Gasteiger partial charge in [0.25, 0.3) is 5.91 Å². The van der Waals surface area contributed by atoms with Crippen molar-refractivity contribution in [1.82, 2.24) is 30.4 Å². The van der Waals surface area contributed by atoms with Crippen LogP contribution in [0.15, 0.2) is 48.7 Å². The monoisotopic (exact) mass is 549 g/mol. The Labute approximate surface area is 229 Å². The van der Waals surface area contributed by atoms with E-state index in [1.165, 1.54) is 6.20 Å². The molecule has 12 nitrogen and oxygen atoms in total. The third-order valence-electron chi connectivity index (χ3n) is 6.40. The number of aliphatic hydroxyl groups is 1. The molecule has 0 atom stereocenters. The first-order valence-corrected chi connectivity index (χ1v) is 12.8. The highest BCUT2D eigenvalue weighted by atomic mass is 35.5. The van der Waals surface area contributed by atoms with Gasteiger partial charge in [-0.15, -0.1) is 0 Å². The van der Waals surface area contributed by atoms with Crippen LogP contribution in [0.5, 0.6) is 0 Å². The van der Waals surface area contributed by atoms with Crippen LogP contribution in [0.2, 0.25) is 5.02 Å². The molecule has 0 unspecified atom stereocenters. The maximum absolute atomic E-state index is 12.5. The van der Waals surface area contributed by atoms with E-state index in [0.29, 0.717) is 66.0 Å². The van der Waals surface area contributed by atoms with Crippen LogP contribution in [0, 0.1) is 0 Å². The summed E-state index contributed by atoms with van der Waals surface area (Å²) in [4.78, 5) is 35.5. The van der Waals surface area contributed by atoms with Crippen molar-refractivity contribution >= 4 is 63.3 Å². The molecule has 0 spiro atoms. The van der Waals surface area contributed by atoms with Crippen LogP contribution >= 0.6 is 11.6 Å². The second-order valence-corrected chi connectivity index (χ2v) is 9.56. The molecule has 2 aromatic heterocycles. The number of carbonyl (C=O) groups excluding carboxylic acids is 2. The van der Waals surface area contributed by atoms with Crippen molar-refractivity contribution in [1.29, 1.82) is 0 Å². The number of para-hydroxylation sites is 1. The number of halogens is 1. The second kappa shape index (κ2) is 11.6. The molecule has 0 radical (unpaired) electrons. The average Bonchev–Trinajstić information content (AvgIpc) is 3.33. The van der Waals surface area contributed by atoms with Crippen LogP contribution in [-0.2, 0) is 4.79 Å². The normalized spacial score (nSPS) is 14.2. The highest BCUT2D eigenvalue weighted by molar-refractivity contribution is 6.33. The molecule has 2 aromatic carbocycles. The van der Waals surface area contributed by atoms with Crippen LogP contribution in [0.1, 0.15) is 23.2 Å². The molecule has 13 heteroatoms. The van der Waals surface area contributed by atoms with Gasteiger partial charge in [-0.3, -0.25) is 19.6 Å². The number of nitrogens with zero attached hydrogens (tertiary/aromatic N) is 4. The van der Waals surface area contributed by atoms with Crippen LogP contribution in [0.25, 0.3) is 10.9 Å². The van der Waals surface area contributed by atoms with E-state index in [9.17, 15) is 14.7 Å². The predicted octanol–water partition coefficient (Wildman–Crippen LogP) is 3.25. The first-order chi connectivity index (χ1) is 18.9. The number of aromatic amines is 1. The van der Waals surface area contributed by atoms with E-state index in [2.05, 4.69) is 41.4 Å². The van der Waals surface area contributed by atoms with E-state index in [4.69, 9.17) is 11.6 Å². The Bertz CT molecular complexity index is 1500. The summed E-state index contributed by atoms with van der Waals surface area (Å²) >= 11 is 6.33. The van der Waals surface area contributed by atoms with Gasteiger partial charge >= 0.3 is 0 Å². The lowest BCUT2D eigenvalue weighted by molar-refractivity contribution is -0.117. The lowest BCUT2D eigenvalue weighted by Crippen LogP contribution is -2.40. The summed E-state index contributed by atoms with van der Waals surface area (Å²) in [6, 6.07) is 12.5. The summed E-state index contributed by atoms with van der Waals surface area (Å²) < 4.78 is 0. The van der Waals surface area contributed by atoms with Gasteiger partial charge in [-0.2, -0.15) is 10.1 Å². The maximum Gasteiger partial charge on any atom is 0.253 e. The molecule has 39 heavy (non-hydrogen) atoms. The number of fused-ring (bicyclic) bond motifs is 1. The molecule has 3 heterocycles. The number of benzene rings is 2. The minimum Gasteiger partial charge on any atom is -0.393 e. The SMILES string of the molecule is CNC(=O)c1ccccc1Nc1nc(Nc2ccc3c(NC(=O)CN4CCC(O)CC4)n[nH]c3c2)ncc1Cl. The largest absolute Gasteiger partial charge is 0.393 e. The minimum absolute atomic E-state index is 0.158. The number of hydrogen-bond acceptors (Lipinski definition) is 9. The standard InChI is InChI=1S/C26H28ClN9O3/c1-28-25(39)18-4-2-3-5-20(18)31-24-19(27)13-29-26(33-24)30-15-6-7-17-21(12-15)34-35-23(17)32-22(38)14-36-10-8-16(37)9-11-36/h2-7,12-13,16,37H,8-11,14H2,1H3,(H,28,39)(H2,29,30,31,33)(H2,32,34,35,38). The minimum atomic E-state index is -0.283. The number of likely N-dealkylation sites (tertiary alicyclic amines) is 1. The molecule has 5 rings (SSSR count). The van der Waals surface area contributed by atoms with Gasteiger partial charge in [-0.1, -0.05) is 23.7 Å². The number of aromatic nitrogens is 4. The Balaban J connectivity index is 1.27. The number of aliphatic hydroxyl groups excluding tert-OH is 1. The third-order valence-corrected chi connectivity index (χ3v) is 6.67. The summed E-state index contributed by atoms with van der Waals surface area (Å²) in [5.41, 5.74) is 2.40. The van der Waals surface area contributed by atoms with E-state index >= 15 is 0 Å². The molecule has 2 amide bonds. The highest BCUT2D eigenvalue weighted by Crippen LogP contribution is 2.28. The van der Waals surface area contributed by atoms with Crippen molar-refractivity contribution in [3.8, 4) is 0 Å². The lowest BCUT2D eigenvalue weighted by Gasteiger charge is -2.28. The van der Waals surface area contributed by atoms with Gasteiger partial charge in [0, 0.05) is 31.2 Å². The zero-order chi connectivity index (χ0) is 27.4. The zero-order valence-electron chi connectivity index (χ0n) is 21.2. The number of hydrogen-bond donors (Lipinski definition) is 6. The smallest absolute Gasteiger partial charge is 0.253 e. The van der Waals surface area contributed by atoms with Crippen molar-refractivity contribution in [3.05, 3.63) is 59.2 Å². The second-order valence-electron chi connectivity index (χ2n) is 9.15. The molecule has 6 N–H and O–H groups in total.